The Hall–Kier alpha value is -0.0403. The summed E-state index contributed by atoms with van der Waals surface area (Å²) in [5.74, 6) is 0. The summed E-state index contributed by atoms with van der Waals surface area (Å²) in [6.45, 7) is 2.28. The zero-order valence-corrected chi connectivity index (χ0v) is 15.1. The van der Waals surface area contributed by atoms with Gasteiger partial charge in [-0.1, -0.05) is 87.9 Å². The zero-order chi connectivity index (χ0) is 13.3. The van der Waals surface area contributed by atoms with Gasteiger partial charge in [-0.25, -0.2) is 0 Å². The molecule has 0 aliphatic rings. The fraction of sp³-hybridized carbons (Fsp3) is 0.474. The third kappa shape index (κ3) is 5.76. The first-order chi connectivity index (χ1) is 9.42. The van der Waals surface area contributed by atoms with Crippen LogP contribution in [-0.2, 0) is 6.42 Å². The summed E-state index contributed by atoms with van der Waals surface area (Å²) in [5, 5.41) is 2.82. The number of benzene rings is 2. The third-order valence-electron chi connectivity index (χ3n) is 3.93. The van der Waals surface area contributed by atoms with Crippen molar-refractivity contribution in [2.24, 2.45) is 0 Å². The smallest absolute Gasteiger partial charge is 1.00 e. The van der Waals surface area contributed by atoms with E-state index in [2.05, 4.69) is 49.4 Å². The topological polar surface area (TPSA) is 0 Å². The van der Waals surface area contributed by atoms with Gasteiger partial charge < -0.3 is 2.85 Å². The average Bonchev–Trinajstić information content (AvgIpc) is 2.46. The molecule has 20 heavy (non-hydrogen) atoms. The molecule has 2 aromatic rings. The first kappa shape index (κ1) is 18.0. The summed E-state index contributed by atoms with van der Waals surface area (Å²) in [5.41, 5.74) is 1.52. The van der Waals surface area contributed by atoms with Gasteiger partial charge in [0, 0.05) is 0 Å². The predicted molar refractivity (Wildman–Crippen MR) is 93.6 cm³/mol. The molecular weight excluding hydrogens is 268 g/mol. The van der Waals surface area contributed by atoms with Crippen LogP contribution in [0.2, 0.25) is 0 Å². The molecular formula is C19H28Ca. The molecule has 1 heteroatoms. The van der Waals surface area contributed by atoms with Gasteiger partial charge in [0.15, 0.2) is 0 Å². The molecule has 0 radical (unpaired) electrons. The number of rotatable bonds is 8. The van der Waals surface area contributed by atoms with E-state index in [0.717, 1.165) is 0 Å². The van der Waals surface area contributed by atoms with Crippen molar-refractivity contribution < 1.29 is 2.85 Å². The molecule has 0 nitrogen and oxygen atoms in total. The minimum Gasteiger partial charge on any atom is -1.00 e. The van der Waals surface area contributed by atoms with E-state index in [-0.39, 0.29) is 40.6 Å². The molecule has 2 aromatic carbocycles. The molecule has 106 valence electrons. The van der Waals surface area contributed by atoms with Gasteiger partial charge in [-0.05, 0) is 29.2 Å². The number of hydrogen-bond acceptors (Lipinski definition) is 0. The van der Waals surface area contributed by atoms with E-state index in [9.17, 15) is 0 Å². The van der Waals surface area contributed by atoms with E-state index in [1.165, 1.54) is 67.7 Å². The Kier molecular flexibility index (Phi) is 9.59. The molecule has 0 bridgehead atoms. The Morgan fingerprint density at radius 2 is 1.40 bits per heavy atom. The molecule has 0 spiro atoms. The zero-order valence-electron chi connectivity index (χ0n) is 14.9. The minimum absolute atomic E-state index is 0. The average molecular weight is 297 g/mol. The van der Waals surface area contributed by atoms with Crippen LogP contribution in [0.5, 0.6) is 0 Å². The maximum Gasteiger partial charge on any atom is 2.00 e. The van der Waals surface area contributed by atoms with Crippen molar-refractivity contribution >= 4 is 48.5 Å². The molecule has 0 atom stereocenters. The van der Waals surface area contributed by atoms with E-state index in [1.54, 1.807) is 0 Å². The molecule has 0 aliphatic heterocycles. The van der Waals surface area contributed by atoms with Crippen molar-refractivity contribution in [2.75, 3.05) is 0 Å². The fourth-order valence-corrected chi connectivity index (χ4v) is 2.78. The first-order valence-electron chi connectivity index (χ1n) is 7.88. The predicted octanol–water partition coefficient (Wildman–Crippen LogP) is 5.98. The molecule has 0 fully saturated rings. The second-order valence-corrected chi connectivity index (χ2v) is 5.51. The molecule has 0 saturated carbocycles. The number of aryl methyl sites for hydroxylation is 1. The molecule has 0 unspecified atom stereocenters. The van der Waals surface area contributed by atoms with Crippen molar-refractivity contribution in [2.45, 2.75) is 58.3 Å². The SMILES string of the molecule is CCCCCCCCCc1cccc2ccccc12.[Ca+2].[H-].[H-]. The molecule has 0 aromatic heterocycles. The Morgan fingerprint density at radius 3 is 2.20 bits per heavy atom. The second kappa shape index (κ2) is 10.7. The Bertz CT molecular complexity index is 494. The van der Waals surface area contributed by atoms with Crippen LogP contribution >= 0.6 is 0 Å². The van der Waals surface area contributed by atoms with Crippen LogP contribution in [0.4, 0.5) is 0 Å². The van der Waals surface area contributed by atoms with Crippen molar-refractivity contribution in [3.63, 3.8) is 0 Å². The van der Waals surface area contributed by atoms with Crippen molar-refractivity contribution in [1.29, 1.82) is 0 Å². The Morgan fingerprint density at radius 1 is 0.750 bits per heavy atom. The van der Waals surface area contributed by atoms with Gasteiger partial charge in [0.05, 0.1) is 0 Å². The summed E-state index contributed by atoms with van der Waals surface area (Å²) in [6.07, 6.45) is 10.9. The standard InChI is InChI=1S/C19H26.Ca.2H/c1-2-3-4-5-6-7-8-12-17-14-11-15-18-13-9-10-16-19(17)18;;;/h9-11,13-16H,2-8,12H2,1H3;;;/q;+2;2*-1. The molecule has 0 amide bonds. The van der Waals surface area contributed by atoms with Crippen LogP contribution in [0.25, 0.3) is 10.8 Å². The van der Waals surface area contributed by atoms with Gasteiger partial charge in [0.25, 0.3) is 0 Å². The minimum atomic E-state index is 0. The summed E-state index contributed by atoms with van der Waals surface area (Å²) in [6, 6.07) is 15.4. The largest absolute Gasteiger partial charge is 2.00 e. The van der Waals surface area contributed by atoms with Gasteiger partial charge in [-0.15, -0.1) is 0 Å². The van der Waals surface area contributed by atoms with Crippen LogP contribution in [-0.4, -0.2) is 37.7 Å². The van der Waals surface area contributed by atoms with E-state index in [4.69, 9.17) is 0 Å². The van der Waals surface area contributed by atoms with Crippen molar-refractivity contribution in [1.82, 2.24) is 0 Å². The maximum absolute atomic E-state index is 2.29. The van der Waals surface area contributed by atoms with E-state index in [1.807, 2.05) is 0 Å². The van der Waals surface area contributed by atoms with Crippen molar-refractivity contribution in [3.8, 4) is 0 Å². The molecule has 0 N–H and O–H groups in total. The molecule has 0 saturated heterocycles. The van der Waals surface area contributed by atoms with Crippen LogP contribution in [0, 0.1) is 0 Å². The second-order valence-electron chi connectivity index (χ2n) is 5.51. The van der Waals surface area contributed by atoms with Crippen LogP contribution in [0.3, 0.4) is 0 Å². The van der Waals surface area contributed by atoms with E-state index in [0.29, 0.717) is 0 Å². The molecule has 0 heterocycles. The van der Waals surface area contributed by atoms with Crippen molar-refractivity contribution in [3.05, 3.63) is 48.0 Å². The van der Waals surface area contributed by atoms with Crippen LogP contribution < -0.4 is 0 Å². The summed E-state index contributed by atoms with van der Waals surface area (Å²) < 4.78 is 0. The van der Waals surface area contributed by atoms with E-state index >= 15 is 0 Å². The quantitative estimate of drug-likeness (QED) is 0.415. The van der Waals surface area contributed by atoms with Gasteiger partial charge in [0.2, 0.25) is 0 Å². The third-order valence-corrected chi connectivity index (χ3v) is 3.93. The number of unbranched alkanes of at least 4 members (excludes halogenated alkanes) is 6. The van der Waals surface area contributed by atoms with Gasteiger partial charge in [-0.3, -0.25) is 0 Å². The summed E-state index contributed by atoms with van der Waals surface area (Å²) >= 11 is 0. The number of fused-ring (bicyclic) bond motifs is 1. The fourth-order valence-electron chi connectivity index (χ4n) is 2.78. The summed E-state index contributed by atoms with van der Waals surface area (Å²) in [4.78, 5) is 0. The van der Waals surface area contributed by atoms with E-state index < -0.39 is 0 Å². The monoisotopic (exact) mass is 296 g/mol. The number of hydrogen-bond donors (Lipinski definition) is 0. The first-order valence-corrected chi connectivity index (χ1v) is 7.88. The van der Waals surface area contributed by atoms with Gasteiger partial charge >= 0.3 is 37.7 Å². The Balaban J connectivity index is 0. The summed E-state index contributed by atoms with van der Waals surface area (Å²) in [7, 11) is 0. The van der Waals surface area contributed by atoms with Gasteiger partial charge in [0.1, 0.15) is 0 Å². The molecule has 2 rings (SSSR count). The Labute approximate surface area is 156 Å². The molecule has 0 aliphatic carbocycles. The van der Waals surface area contributed by atoms with Crippen LogP contribution in [0.1, 0.15) is 60.3 Å². The normalized spacial score (nSPS) is 10.4. The van der Waals surface area contributed by atoms with Gasteiger partial charge in [-0.2, -0.15) is 0 Å². The maximum atomic E-state index is 2.29. The van der Waals surface area contributed by atoms with Crippen LogP contribution in [0.15, 0.2) is 42.5 Å².